The number of hydrogen-bond acceptors (Lipinski definition) is 2. The quantitative estimate of drug-likeness (QED) is 0.770. The molecule has 0 saturated heterocycles. The van der Waals surface area contributed by atoms with E-state index in [1.807, 2.05) is 18.2 Å². The van der Waals surface area contributed by atoms with Crippen molar-refractivity contribution in [1.82, 2.24) is 4.90 Å². The van der Waals surface area contributed by atoms with Gasteiger partial charge in [-0.25, -0.2) is 0 Å². The fourth-order valence-corrected chi connectivity index (χ4v) is 3.21. The second-order valence-corrected chi connectivity index (χ2v) is 6.87. The van der Waals surface area contributed by atoms with Crippen LogP contribution in [0.25, 0.3) is 0 Å². The largest absolute Gasteiger partial charge is 0.398 e. The van der Waals surface area contributed by atoms with E-state index in [0.717, 1.165) is 35.8 Å². The second kappa shape index (κ2) is 7.33. The van der Waals surface area contributed by atoms with E-state index in [2.05, 4.69) is 18.7 Å². The minimum atomic E-state index is 0.729. The zero-order valence-electron chi connectivity index (χ0n) is 12.7. The average Bonchev–Trinajstić information content (AvgIpc) is 2.92. The summed E-state index contributed by atoms with van der Waals surface area (Å²) in [5, 5.41) is 0.782. The maximum atomic E-state index is 6.11. The van der Waals surface area contributed by atoms with Crippen LogP contribution < -0.4 is 5.73 Å². The summed E-state index contributed by atoms with van der Waals surface area (Å²) in [7, 11) is 0. The summed E-state index contributed by atoms with van der Waals surface area (Å²) in [6.45, 7) is 6.68. The topological polar surface area (TPSA) is 29.3 Å². The second-order valence-electron chi connectivity index (χ2n) is 6.43. The molecule has 112 valence electrons. The summed E-state index contributed by atoms with van der Waals surface area (Å²) in [4.78, 5) is 2.62. The Kier molecular flexibility index (Phi) is 5.74. The van der Waals surface area contributed by atoms with Crippen molar-refractivity contribution in [2.45, 2.75) is 58.5 Å². The Morgan fingerprint density at radius 3 is 2.65 bits per heavy atom. The number of halogens is 1. The molecule has 0 radical (unpaired) electrons. The van der Waals surface area contributed by atoms with Crippen molar-refractivity contribution < 1.29 is 0 Å². The molecule has 0 heterocycles. The molecule has 1 aliphatic carbocycles. The van der Waals surface area contributed by atoms with Crippen LogP contribution in [0.5, 0.6) is 0 Å². The summed E-state index contributed by atoms with van der Waals surface area (Å²) >= 11 is 6.11. The van der Waals surface area contributed by atoms with E-state index in [1.54, 1.807) is 0 Å². The number of hydrogen-bond donors (Lipinski definition) is 1. The maximum Gasteiger partial charge on any atom is 0.0410 e. The van der Waals surface area contributed by atoms with E-state index < -0.39 is 0 Å². The Morgan fingerprint density at radius 2 is 2.00 bits per heavy atom. The molecule has 2 rings (SSSR count). The van der Waals surface area contributed by atoms with Gasteiger partial charge in [0.2, 0.25) is 0 Å². The van der Waals surface area contributed by atoms with Crippen molar-refractivity contribution in [3.8, 4) is 0 Å². The molecule has 1 aromatic carbocycles. The van der Waals surface area contributed by atoms with E-state index in [0.29, 0.717) is 0 Å². The molecule has 1 aliphatic rings. The SMILES string of the molecule is CC(C)CCN(Cc1cc(Cl)ccc1N)C1CCCC1. The van der Waals surface area contributed by atoms with E-state index in [4.69, 9.17) is 17.3 Å². The summed E-state index contributed by atoms with van der Waals surface area (Å²) in [6, 6.07) is 6.54. The molecular formula is C17H27ClN2. The van der Waals surface area contributed by atoms with Crippen LogP contribution in [0.4, 0.5) is 5.69 Å². The molecule has 0 bridgehead atoms. The maximum absolute atomic E-state index is 6.11. The van der Waals surface area contributed by atoms with Gasteiger partial charge in [0.1, 0.15) is 0 Å². The average molecular weight is 295 g/mol. The van der Waals surface area contributed by atoms with Gasteiger partial charge in [-0.05, 0) is 55.5 Å². The van der Waals surface area contributed by atoms with E-state index in [1.165, 1.54) is 37.7 Å². The highest BCUT2D eigenvalue weighted by Crippen LogP contribution is 2.27. The van der Waals surface area contributed by atoms with E-state index in [-0.39, 0.29) is 0 Å². The van der Waals surface area contributed by atoms with Gasteiger partial charge in [-0.15, -0.1) is 0 Å². The third kappa shape index (κ3) is 4.39. The van der Waals surface area contributed by atoms with E-state index >= 15 is 0 Å². The third-order valence-corrected chi connectivity index (χ3v) is 4.55. The molecule has 2 nitrogen and oxygen atoms in total. The first kappa shape index (κ1) is 15.7. The smallest absolute Gasteiger partial charge is 0.0410 e. The first-order valence-corrected chi connectivity index (χ1v) is 8.22. The van der Waals surface area contributed by atoms with Crippen LogP contribution in [0.2, 0.25) is 5.02 Å². The van der Waals surface area contributed by atoms with Gasteiger partial charge in [0.15, 0.2) is 0 Å². The summed E-state index contributed by atoms with van der Waals surface area (Å²) < 4.78 is 0. The third-order valence-electron chi connectivity index (χ3n) is 4.31. The minimum absolute atomic E-state index is 0.729. The highest BCUT2D eigenvalue weighted by molar-refractivity contribution is 6.30. The van der Waals surface area contributed by atoms with Crippen molar-refractivity contribution in [1.29, 1.82) is 0 Å². The fourth-order valence-electron chi connectivity index (χ4n) is 3.01. The predicted molar refractivity (Wildman–Crippen MR) is 88.0 cm³/mol. The monoisotopic (exact) mass is 294 g/mol. The Hall–Kier alpha value is -0.730. The van der Waals surface area contributed by atoms with Gasteiger partial charge in [0.05, 0.1) is 0 Å². The molecule has 3 heteroatoms. The zero-order valence-corrected chi connectivity index (χ0v) is 13.5. The summed E-state index contributed by atoms with van der Waals surface area (Å²) in [5.74, 6) is 0.746. The molecule has 20 heavy (non-hydrogen) atoms. The molecule has 1 aromatic rings. The van der Waals surface area contributed by atoms with Crippen LogP contribution in [-0.2, 0) is 6.54 Å². The molecule has 1 fully saturated rings. The number of benzene rings is 1. The van der Waals surface area contributed by atoms with Gasteiger partial charge in [-0.1, -0.05) is 38.3 Å². The van der Waals surface area contributed by atoms with Gasteiger partial charge in [0, 0.05) is 23.3 Å². The van der Waals surface area contributed by atoms with Crippen molar-refractivity contribution in [2.75, 3.05) is 12.3 Å². The molecule has 0 atom stereocenters. The summed E-state index contributed by atoms with van der Waals surface area (Å²) in [5.41, 5.74) is 8.14. The Morgan fingerprint density at radius 1 is 1.30 bits per heavy atom. The summed E-state index contributed by atoms with van der Waals surface area (Å²) in [6.07, 6.45) is 6.65. The first-order valence-electron chi connectivity index (χ1n) is 7.84. The standard InChI is InChI=1S/C17H27ClN2/c1-13(2)9-10-20(16-5-3-4-6-16)12-14-11-15(18)7-8-17(14)19/h7-8,11,13,16H,3-6,9-10,12,19H2,1-2H3. The molecular weight excluding hydrogens is 268 g/mol. The van der Waals surface area contributed by atoms with Crippen molar-refractivity contribution >= 4 is 17.3 Å². The van der Waals surface area contributed by atoms with E-state index in [9.17, 15) is 0 Å². The Bertz CT molecular complexity index is 425. The first-order chi connectivity index (χ1) is 9.56. The molecule has 0 spiro atoms. The Labute approximate surface area is 128 Å². The Balaban J connectivity index is 2.07. The van der Waals surface area contributed by atoms with Gasteiger partial charge in [-0.3, -0.25) is 4.90 Å². The molecule has 0 aromatic heterocycles. The van der Waals surface area contributed by atoms with Crippen molar-refractivity contribution in [3.63, 3.8) is 0 Å². The molecule has 2 N–H and O–H groups in total. The lowest BCUT2D eigenvalue weighted by Gasteiger charge is -2.30. The number of rotatable bonds is 6. The lowest BCUT2D eigenvalue weighted by Crippen LogP contribution is -2.34. The number of anilines is 1. The van der Waals surface area contributed by atoms with Crippen LogP contribution in [0.15, 0.2) is 18.2 Å². The number of nitrogens with zero attached hydrogens (tertiary/aromatic N) is 1. The molecule has 0 aliphatic heterocycles. The predicted octanol–water partition coefficient (Wildman–Crippen LogP) is 4.71. The van der Waals surface area contributed by atoms with Crippen LogP contribution in [-0.4, -0.2) is 17.5 Å². The zero-order chi connectivity index (χ0) is 14.5. The van der Waals surface area contributed by atoms with Gasteiger partial charge >= 0.3 is 0 Å². The van der Waals surface area contributed by atoms with Gasteiger partial charge in [-0.2, -0.15) is 0 Å². The van der Waals surface area contributed by atoms with Crippen molar-refractivity contribution in [3.05, 3.63) is 28.8 Å². The van der Waals surface area contributed by atoms with Gasteiger partial charge < -0.3 is 5.73 Å². The minimum Gasteiger partial charge on any atom is -0.398 e. The van der Waals surface area contributed by atoms with Crippen LogP contribution >= 0.6 is 11.6 Å². The fraction of sp³-hybridized carbons (Fsp3) is 0.647. The van der Waals surface area contributed by atoms with Crippen molar-refractivity contribution in [2.24, 2.45) is 5.92 Å². The highest BCUT2D eigenvalue weighted by atomic mass is 35.5. The van der Waals surface area contributed by atoms with Gasteiger partial charge in [0.25, 0.3) is 0 Å². The number of nitrogens with two attached hydrogens (primary N) is 1. The molecule has 1 saturated carbocycles. The van der Waals surface area contributed by atoms with Crippen LogP contribution in [0.3, 0.4) is 0 Å². The van der Waals surface area contributed by atoms with Crippen LogP contribution in [0.1, 0.15) is 51.5 Å². The highest BCUT2D eigenvalue weighted by Gasteiger charge is 2.23. The molecule has 0 amide bonds. The molecule has 0 unspecified atom stereocenters. The normalized spacial score (nSPS) is 16.4. The lowest BCUT2D eigenvalue weighted by molar-refractivity contribution is 0.180. The lowest BCUT2D eigenvalue weighted by atomic mass is 10.1. The number of nitrogen functional groups attached to an aromatic ring is 1. The van der Waals surface area contributed by atoms with Crippen LogP contribution in [0, 0.1) is 5.92 Å².